The van der Waals surface area contributed by atoms with Crippen molar-refractivity contribution in [3.8, 4) is 0 Å². The summed E-state index contributed by atoms with van der Waals surface area (Å²) in [5.41, 5.74) is 0. The van der Waals surface area contributed by atoms with E-state index in [2.05, 4.69) is 0 Å². The summed E-state index contributed by atoms with van der Waals surface area (Å²) in [6, 6.07) is 35.2. The Morgan fingerprint density at radius 3 is 0.848 bits per heavy atom. The van der Waals surface area contributed by atoms with Gasteiger partial charge in [-0.25, -0.2) is 0 Å². The second-order valence-corrected chi connectivity index (χ2v) is 16.9. The molecule has 0 radical (unpaired) electrons. The minimum Gasteiger partial charge on any atom is -0.344 e. The maximum Gasteiger partial charge on any atom is 0.216 e. The Labute approximate surface area is 194 Å². The van der Waals surface area contributed by atoms with E-state index in [1.807, 2.05) is 24.3 Å². The maximum absolute atomic E-state index is 14.4. The van der Waals surface area contributed by atoms with Gasteiger partial charge in [-0.15, -0.1) is 0 Å². The molecule has 0 saturated carbocycles. The SMILES string of the molecule is O=P(O)(CP(=O)(c1ccccc1)c1ccccc1)CP(=O)(c1ccccc1)c1ccccc1. The van der Waals surface area contributed by atoms with Gasteiger partial charge in [0.15, 0.2) is 14.3 Å². The van der Waals surface area contributed by atoms with Crippen molar-refractivity contribution in [3.63, 3.8) is 0 Å². The Kier molecular flexibility index (Phi) is 7.03. The highest BCUT2D eigenvalue weighted by atomic mass is 31.2. The van der Waals surface area contributed by atoms with Crippen LogP contribution < -0.4 is 21.2 Å². The van der Waals surface area contributed by atoms with Gasteiger partial charge >= 0.3 is 0 Å². The van der Waals surface area contributed by atoms with E-state index in [4.69, 9.17) is 0 Å². The molecular formula is C26H25O4P3. The molecule has 0 aliphatic heterocycles. The van der Waals surface area contributed by atoms with Crippen LogP contribution in [0, 0.1) is 0 Å². The van der Waals surface area contributed by atoms with Gasteiger partial charge in [0.1, 0.15) is 0 Å². The van der Waals surface area contributed by atoms with Crippen LogP contribution in [0.25, 0.3) is 0 Å². The molecule has 4 nitrogen and oxygen atoms in total. The van der Waals surface area contributed by atoms with Gasteiger partial charge in [0, 0.05) is 21.2 Å². The van der Waals surface area contributed by atoms with E-state index in [0.29, 0.717) is 21.2 Å². The van der Waals surface area contributed by atoms with Crippen molar-refractivity contribution in [2.75, 3.05) is 11.8 Å². The molecule has 1 N–H and O–H groups in total. The molecule has 0 aliphatic rings. The fourth-order valence-electron chi connectivity index (χ4n) is 3.97. The van der Waals surface area contributed by atoms with Gasteiger partial charge in [-0.3, -0.25) is 4.57 Å². The predicted octanol–water partition coefficient (Wildman–Crippen LogP) is 5.20. The lowest BCUT2D eigenvalue weighted by Gasteiger charge is -2.26. The first kappa shape index (κ1) is 23.7. The summed E-state index contributed by atoms with van der Waals surface area (Å²) in [7, 11) is -11.0. The molecule has 4 rings (SSSR count). The average molecular weight is 494 g/mol. The average Bonchev–Trinajstić information content (AvgIpc) is 2.85. The molecule has 0 heterocycles. The molecule has 4 aromatic rings. The summed E-state index contributed by atoms with van der Waals surface area (Å²) in [6.07, 6.45) is 0. The Morgan fingerprint density at radius 1 is 0.424 bits per heavy atom. The largest absolute Gasteiger partial charge is 0.344 e. The van der Waals surface area contributed by atoms with Crippen LogP contribution in [0.5, 0.6) is 0 Å². The zero-order valence-electron chi connectivity index (χ0n) is 18.0. The molecule has 168 valence electrons. The minimum absolute atomic E-state index is 0.447. The summed E-state index contributed by atoms with van der Waals surface area (Å²) < 4.78 is 42.5. The third-order valence-corrected chi connectivity index (χ3v) is 16.8. The monoisotopic (exact) mass is 494 g/mol. The lowest BCUT2D eigenvalue weighted by molar-refractivity contribution is 0.486. The molecule has 4 aromatic carbocycles. The van der Waals surface area contributed by atoms with Crippen molar-refractivity contribution in [2.45, 2.75) is 0 Å². The lowest BCUT2D eigenvalue weighted by Crippen LogP contribution is -2.22. The summed E-state index contributed by atoms with van der Waals surface area (Å²) in [4.78, 5) is 11.2. The molecule has 0 aromatic heterocycles. The molecule has 0 bridgehead atoms. The maximum atomic E-state index is 14.4. The number of hydrogen-bond donors (Lipinski definition) is 1. The van der Waals surface area contributed by atoms with E-state index in [9.17, 15) is 18.6 Å². The minimum atomic E-state index is -4.12. The van der Waals surface area contributed by atoms with E-state index in [-0.39, 0.29) is 0 Å². The molecule has 0 aliphatic carbocycles. The summed E-state index contributed by atoms with van der Waals surface area (Å²) in [5, 5.41) is 2.05. The highest BCUT2D eigenvalue weighted by Gasteiger charge is 2.41. The molecule has 0 amide bonds. The van der Waals surface area contributed by atoms with Crippen LogP contribution in [0.4, 0.5) is 0 Å². The van der Waals surface area contributed by atoms with Gasteiger partial charge in [0.2, 0.25) is 7.37 Å². The van der Waals surface area contributed by atoms with Gasteiger partial charge in [0.25, 0.3) is 0 Å². The van der Waals surface area contributed by atoms with Crippen LogP contribution in [-0.2, 0) is 13.7 Å². The van der Waals surface area contributed by atoms with Gasteiger partial charge in [-0.2, -0.15) is 0 Å². The Morgan fingerprint density at radius 2 is 0.636 bits per heavy atom. The van der Waals surface area contributed by atoms with Crippen LogP contribution in [0.2, 0.25) is 0 Å². The smallest absolute Gasteiger partial charge is 0.216 e. The Bertz CT molecular complexity index is 1150. The first-order valence-electron chi connectivity index (χ1n) is 10.5. The Balaban J connectivity index is 1.78. The van der Waals surface area contributed by atoms with E-state index in [1.54, 1.807) is 97.1 Å². The fourth-order valence-corrected chi connectivity index (χ4v) is 15.9. The predicted molar refractivity (Wildman–Crippen MR) is 139 cm³/mol. The molecule has 0 unspecified atom stereocenters. The molecule has 0 fully saturated rings. The van der Waals surface area contributed by atoms with Gasteiger partial charge < -0.3 is 14.0 Å². The molecule has 0 atom stereocenters. The zero-order chi connectivity index (χ0) is 23.4. The third kappa shape index (κ3) is 5.21. The quantitative estimate of drug-likeness (QED) is 0.342. The number of rotatable bonds is 8. The summed E-state index contributed by atoms with van der Waals surface area (Å²) in [6.45, 7) is 0. The van der Waals surface area contributed by atoms with Crippen molar-refractivity contribution in [3.05, 3.63) is 121 Å². The fraction of sp³-hybridized carbons (Fsp3) is 0.0769. The van der Waals surface area contributed by atoms with Crippen LogP contribution in [0.1, 0.15) is 0 Å². The highest BCUT2D eigenvalue weighted by Crippen LogP contribution is 2.65. The molecule has 7 heteroatoms. The van der Waals surface area contributed by atoms with Crippen molar-refractivity contribution in [1.29, 1.82) is 0 Å². The first-order valence-corrected chi connectivity index (χ1v) is 16.4. The van der Waals surface area contributed by atoms with Gasteiger partial charge in [0.05, 0.1) is 11.8 Å². The molecule has 0 saturated heterocycles. The third-order valence-electron chi connectivity index (χ3n) is 5.53. The van der Waals surface area contributed by atoms with E-state index >= 15 is 0 Å². The van der Waals surface area contributed by atoms with Crippen molar-refractivity contribution in [1.82, 2.24) is 0 Å². The first-order chi connectivity index (χ1) is 15.8. The second-order valence-electron chi connectivity index (χ2n) is 7.95. The summed E-state index contributed by atoms with van der Waals surface area (Å²) >= 11 is 0. The normalized spacial score (nSPS) is 12.4. The zero-order valence-corrected chi connectivity index (χ0v) is 20.7. The van der Waals surface area contributed by atoms with Crippen LogP contribution in [-0.4, -0.2) is 16.7 Å². The number of benzene rings is 4. The van der Waals surface area contributed by atoms with Crippen LogP contribution in [0.15, 0.2) is 121 Å². The number of hydrogen-bond acceptors (Lipinski definition) is 3. The standard InChI is InChI=1S/C26H25O4P3/c27-31(28,21-32(29,23-13-5-1-6-14-23)24-15-7-2-8-16-24)22-33(30,25-17-9-3-10-18-25)26-19-11-4-12-20-26/h1-20H,21-22H2,(H,27,28). The Hall–Kier alpha value is -2.47. The van der Waals surface area contributed by atoms with Crippen molar-refractivity contribution >= 4 is 42.9 Å². The van der Waals surface area contributed by atoms with Gasteiger partial charge in [-0.1, -0.05) is 121 Å². The topological polar surface area (TPSA) is 71.4 Å². The molecule has 33 heavy (non-hydrogen) atoms. The van der Waals surface area contributed by atoms with E-state index in [1.165, 1.54) is 0 Å². The van der Waals surface area contributed by atoms with Crippen molar-refractivity contribution < 1.29 is 18.6 Å². The highest BCUT2D eigenvalue weighted by molar-refractivity contribution is 7.93. The van der Waals surface area contributed by atoms with E-state index < -0.39 is 33.5 Å². The summed E-state index contributed by atoms with van der Waals surface area (Å²) in [5.74, 6) is -0.893. The molecular weight excluding hydrogens is 469 g/mol. The van der Waals surface area contributed by atoms with Crippen LogP contribution >= 0.6 is 21.7 Å². The lowest BCUT2D eigenvalue weighted by atomic mass is 10.4. The van der Waals surface area contributed by atoms with Crippen molar-refractivity contribution in [2.24, 2.45) is 0 Å². The molecule has 0 spiro atoms. The van der Waals surface area contributed by atoms with Gasteiger partial charge in [-0.05, 0) is 0 Å². The second kappa shape index (κ2) is 9.80. The van der Waals surface area contributed by atoms with E-state index in [0.717, 1.165) is 0 Å². The van der Waals surface area contributed by atoms with Crippen LogP contribution in [0.3, 0.4) is 0 Å².